The molecule has 1 aliphatic carbocycles. The van der Waals surface area contributed by atoms with Gasteiger partial charge >= 0.3 is 6.18 Å². The predicted octanol–water partition coefficient (Wildman–Crippen LogP) is 6.59. The number of fused-ring (bicyclic) bond motifs is 2. The Hall–Kier alpha value is -1.97. The van der Waals surface area contributed by atoms with Gasteiger partial charge in [0, 0.05) is 35.0 Å². The van der Waals surface area contributed by atoms with Gasteiger partial charge in [-0.25, -0.2) is 9.97 Å². The van der Waals surface area contributed by atoms with Crippen molar-refractivity contribution in [3.05, 3.63) is 56.1 Å². The van der Waals surface area contributed by atoms with E-state index in [2.05, 4.69) is 61.2 Å². The molecule has 1 N–H and O–H groups in total. The molecule has 2 aromatic heterocycles. The van der Waals surface area contributed by atoms with Crippen molar-refractivity contribution >= 4 is 49.4 Å². The van der Waals surface area contributed by atoms with E-state index in [1.165, 1.54) is 33.1 Å². The molecule has 174 valence electrons. The molecule has 33 heavy (non-hydrogen) atoms. The van der Waals surface area contributed by atoms with Crippen LogP contribution in [0.1, 0.15) is 41.3 Å². The molecule has 1 fully saturated rings. The van der Waals surface area contributed by atoms with Crippen molar-refractivity contribution in [2.24, 2.45) is 0 Å². The molecule has 0 saturated carbocycles. The van der Waals surface area contributed by atoms with Gasteiger partial charge in [0.1, 0.15) is 17.0 Å². The van der Waals surface area contributed by atoms with E-state index in [1.54, 1.807) is 6.07 Å². The Kier molecular flexibility index (Phi) is 6.22. The summed E-state index contributed by atoms with van der Waals surface area (Å²) in [7, 11) is 0. The van der Waals surface area contributed by atoms with Crippen LogP contribution in [0, 0.1) is 0 Å². The van der Waals surface area contributed by atoms with E-state index in [-0.39, 0.29) is 10.9 Å². The molecule has 2 aliphatic rings. The van der Waals surface area contributed by atoms with Gasteiger partial charge in [0.05, 0.1) is 11.8 Å². The molecule has 0 atom stereocenters. The van der Waals surface area contributed by atoms with E-state index in [0.29, 0.717) is 16.0 Å². The number of nitrogens with one attached hydrogen (secondary N) is 1. The molecule has 1 saturated heterocycles. The van der Waals surface area contributed by atoms with Gasteiger partial charge in [0.25, 0.3) is 0 Å². The van der Waals surface area contributed by atoms with E-state index in [9.17, 15) is 13.2 Å². The van der Waals surface area contributed by atoms with Crippen molar-refractivity contribution in [2.75, 3.05) is 18.4 Å². The zero-order valence-electron chi connectivity index (χ0n) is 18.2. The van der Waals surface area contributed by atoms with Gasteiger partial charge in [-0.05, 0) is 64.9 Å². The minimum Gasteiger partial charge on any atom is -0.367 e. The highest BCUT2D eigenvalue weighted by atomic mass is 79.9. The zero-order valence-corrected chi connectivity index (χ0v) is 20.6. The number of alkyl halides is 3. The molecule has 1 aliphatic heterocycles. The smallest absolute Gasteiger partial charge is 0.367 e. The molecule has 4 nitrogen and oxygen atoms in total. The second-order valence-corrected chi connectivity index (χ2v) is 10.8. The monoisotopic (exact) mass is 536 g/mol. The summed E-state index contributed by atoms with van der Waals surface area (Å²) in [5.74, 6) is 0.631. The van der Waals surface area contributed by atoms with E-state index < -0.39 is 12.6 Å². The molecule has 0 radical (unpaired) electrons. The molecule has 5 rings (SSSR count). The maximum Gasteiger partial charge on any atom is 0.393 e. The molecule has 0 unspecified atom stereocenters. The molecule has 0 bridgehead atoms. The quantitative estimate of drug-likeness (QED) is 0.399. The second-order valence-electron chi connectivity index (χ2n) is 8.92. The normalized spacial score (nSPS) is 17.4. The van der Waals surface area contributed by atoms with Gasteiger partial charge in [-0.15, -0.1) is 11.3 Å². The number of halogens is 4. The third kappa shape index (κ3) is 5.10. The number of nitrogens with zero attached hydrogens (tertiary/aromatic N) is 3. The van der Waals surface area contributed by atoms with Crippen LogP contribution in [0.25, 0.3) is 16.3 Å². The van der Waals surface area contributed by atoms with E-state index in [0.717, 1.165) is 50.2 Å². The number of thiophene rings is 1. The third-order valence-electron chi connectivity index (χ3n) is 6.29. The summed E-state index contributed by atoms with van der Waals surface area (Å²) in [4.78, 5) is 11.8. The molecule has 9 heteroatoms. The van der Waals surface area contributed by atoms with Gasteiger partial charge in [0.2, 0.25) is 0 Å². The van der Waals surface area contributed by atoms with Crippen LogP contribution >= 0.6 is 27.3 Å². The lowest BCUT2D eigenvalue weighted by molar-refractivity contribution is -0.126. The Balaban J connectivity index is 1.22. The summed E-state index contributed by atoms with van der Waals surface area (Å²) < 4.78 is 39.6. The average molecular weight is 537 g/mol. The number of allylic oxidation sites excluding steroid dienone is 1. The lowest BCUT2D eigenvalue weighted by atomic mass is 10.0. The fraction of sp³-hybridized carbons (Fsp3) is 0.417. The summed E-state index contributed by atoms with van der Waals surface area (Å²) in [5, 5.41) is 4.14. The first-order chi connectivity index (χ1) is 15.7. The van der Waals surface area contributed by atoms with Gasteiger partial charge in [-0.2, -0.15) is 13.2 Å². The first-order valence-corrected chi connectivity index (χ1v) is 12.6. The van der Waals surface area contributed by atoms with Crippen LogP contribution in [0.2, 0.25) is 0 Å². The number of hydrogen-bond donors (Lipinski definition) is 1. The Labute approximate surface area is 203 Å². The first kappa shape index (κ1) is 22.8. The number of aromatic nitrogens is 2. The SMILES string of the molecule is CC1=Cc2c(ccc(CN3CCC(Nc4ncnc5sc(CC(F)(F)F)cc45)CC3)c2Br)C1. The summed E-state index contributed by atoms with van der Waals surface area (Å²) in [6.45, 7) is 4.97. The first-order valence-electron chi connectivity index (χ1n) is 11.0. The molecule has 0 amide bonds. The van der Waals surface area contributed by atoms with Crippen molar-refractivity contribution < 1.29 is 13.2 Å². The zero-order chi connectivity index (χ0) is 23.2. The van der Waals surface area contributed by atoms with Crippen LogP contribution in [0.15, 0.2) is 34.6 Å². The highest BCUT2D eigenvalue weighted by Crippen LogP contribution is 2.35. The van der Waals surface area contributed by atoms with Crippen molar-refractivity contribution in [1.29, 1.82) is 0 Å². The topological polar surface area (TPSA) is 41.0 Å². The van der Waals surface area contributed by atoms with Crippen molar-refractivity contribution in [2.45, 2.75) is 51.4 Å². The number of benzene rings is 1. The molecule has 1 aromatic carbocycles. The highest BCUT2D eigenvalue weighted by Gasteiger charge is 2.29. The Morgan fingerprint density at radius 1 is 1.21 bits per heavy atom. The van der Waals surface area contributed by atoms with Crippen LogP contribution in [0.3, 0.4) is 0 Å². The largest absolute Gasteiger partial charge is 0.393 e. The Morgan fingerprint density at radius 3 is 2.76 bits per heavy atom. The number of likely N-dealkylation sites (tertiary alicyclic amines) is 1. The van der Waals surface area contributed by atoms with E-state index in [1.807, 2.05) is 0 Å². The fourth-order valence-electron chi connectivity index (χ4n) is 4.68. The fourth-order valence-corrected chi connectivity index (χ4v) is 6.34. The van der Waals surface area contributed by atoms with Gasteiger partial charge in [-0.3, -0.25) is 4.90 Å². The standard InChI is InChI=1S/C24H24BrF3N4S/c1-14-8-15-2-3-16(21(25)19(15)9-14)12-32-6-4-17(5-7-32)31-22-20-10-18(11-24(26,27)28)33-23(20)30-13-29-22/h2-3,9-10,13,17H,4-8,11-12H2,1H3,(H,29,30,31). The molecule has 0 spiro atoms. The average Bonchev–Trinajstić information content (AvgIpc) is 3.33. The number of anilines is 1. The van der Waals surface area contributed by atoms with Crippen LogP contribution in [0.4, 0.5) is 19.0 Å². The van der Waals surface area contributed by atoms with Crippen LogP contribution in [-0.4, -0.2) is 40.2 Å². The minimum absolute atomic E-state index is 0.236. The van der Waals surface area contributed by atoms with Gasteiger partial charge < -0.3 is 5.32 Å². The third-order valence-corrected chi connectivity index (χ3v) is 8.27. The second kappa shape index (κ2) is 9.00. The lowest BCUT2D eigenvalue weighted by Gasteiger charge is -2.33. The summed E-state index contributed by atoms with van der Waals surface area (Å²) in [6.07, 6.45) is 1.47. The molecule has 3 aromatic rings. The van der Waals surface area contributed by atoms with Crippen molar-refractivity contribution in [1.82, 2.24) is 14.9 Å². The minimum atomic E-state index is -4.22. The predicted molar refractivity (Wildman–Crippen MR) is 131 cm³/mol. The number of rotatable bonds is 5. The van der Waals surface area contributed by atoms with Gasteiger partial charge in [-0.1, -0.05) is 23.8 Å². The summed E-state index contributed by atoms with van der Waals surface area (Å²) >= 11 is 4.90. The van der Waals surface area contributed by atoms with Gasteiger partial charge in [0.15, 0.2) is 0 Å². The molecule has 3 heterocycles. The Morgan fingerprint density at radius 2 is 2.00 bits per heavy atom. The van der Waals surface area contributed by atoms with Crippen LogP contribution in [-0.2, 0) is 19.4 Å². The Bertz CT molecular complexity index is 1210. The maximum atomic E-state index is 12.8. The number of piperidine rings is 1. The van der Waals surface area contributed by atoms with Crippen LogP contribution < -0.4 is 5.32 Å². The lowest BCUT2D eigenvalue weighted by Crippen LogP contribution is -2.38. The van der Waals surface area contributed by atoms with Crippen molar-refractivity contribution in [3.63, 3.8) is 0 Å². The summed E-state index contributed by atoms with van der Waals surface area (Å²) in [5.41, 5.74) is 5.40. The summed E-state index contributed by atoms with van der Waals surface area (Å²) in [6, 6.07) is 6.28. The van der Waals surface area contributed by atoms with E-state index >= 15 is 0 Å². The van der Waals surface area contributed by atoms with Crippen molar-refractivity contribution in [3.8, 4) is 0 Å². The maximum absolute atomic E-state index is 12.8. The highest BCUT2D eigenvalue weighted by molar-refractivity contribution is 9.10. The van der Waals surface area contributed by atoms with E-state index in [4.69, 9.17) is 0 Å². The molecular formula is C24H24BrF3N4S. The van der Waals surface area contributed by atoms with Crippen LogP contribution in [0.5, 0.6) is 0 Å². The number of hydrogen-bond acceptors (Lipinski definition) is 5. The molecular weight excluding hydrogens is 513 g/mol.